The number of hydrogen-bond donors (Lipinski definition) is 2. The molecular weight excluding hydrogens is 376 g/mol. The highest BCUT2D eigenvalue weighted by Crippen LogP contribution is 2.35. The summed E-state index contributed by atoms with van der Waals surface area (Å²) in [6.45, 7) is 1.03. The van der Waals surface area contributed by atoms with Crippen molar-refractivity contribution in [2.45, 2.75) is 17.4 Å². The molecule has 26 heavy (non-hydrogen) atoms. The van der Waals surface area contributed by atoms with Gasteiger partial charge in [0.05, 0.1) is 19.2 Å². The number of benzene rings is 2. The largest absolute Gasteiger partial charge is 0.493 e. The Morgan fingerprint density at radius 3 is 2.62 bits per heavy atom. The predicted molar refractivity (Wildman–Crippen MR) is 101 cm³/mol. The van der Waals surface area contributed by atoms with E-state index in [1.807, 2.05) is 18.2 Å². The molecule has 140 valence electrons. The van der Waals surface area contributed by atoms with Crippen LogP contribution in [-0.4, -0.2) is 35.7 Å². The normalized spacial score (nSPS) is 16.8. The molecule has 2 N–H and O–H groups in total. The third kappa shape index (κ3) is 3.81. The molecule has 0 fully saturated rings. The molecule has 2 aromatic carbocycles. The topological polar surface area (TPSA) is 76.7 Å². The van der Waals surface area contributed by atoms with Crippen molar-refractivity contribution in [2.24, 2.45) is 0 Å². The Labute approximate surface area is 158 Å². The standard InChI is InChI=1S/C18H21ClN2O4S/c1-24-16-9-14(19)18(10-17(16)25-2)26(22,23)21-11-15-13-6-4-3-5-12(13)7-8-20-15/h3-6,9-10,15,20-21H,7-8,11H2,1-2H3. The average Bonchev–Trinajstić information content (AvgIpc) is 2.65. The summed E-state index contributed by atoms with van der Waals surface area (Å²) < 4.78 is 38.5. The smallest absolute Gasteiger partial charge is 0.242 e. The van der Waals surface area contributed by atoms with E-state index in [4.69, 9.17) is 21.1 Å². The first-order valence-corrected chi connectivity index (χ1v) is 10.0. The first kappa shape index (κ1) is 19.0. The average molecular weight is 397 g/mol. The summed E-state index contributed by atoms with van der Waals surface area (Å²) in [4.78, 5) is -0.0408. The van der Waals surface area contributed by atoms with Crippen molar-refractivity contribution in [3.8, 4) is 11.5 Å². The molecule has 1 unspecified atom stereocenters. The summed E-state index contributed by atoms with van der Waals surface area (Å²) in [5.74, 6) is 0.678. The fourth-order valence-corrected chi connectivity index (χ4v) is 4.67. The van der Waals surface area contributed by atoms with E-state index in [0.717, 1.165) is 18.5 Å². The molecule has 1 aliphatic heterocycles. The number of hydrogen-bond acceptors (Lipinski definition) is 5. The molecule has 0 radical (unpaired) electrons. The molecule has 0 bridgehead atoms. The lowest BCUT2D eigenvalue weighted by molar-refractivity contribution is 0.354. The number of ether oxygens (including phenoxy) is 2. The minimum atomic E-state index is -3.81. The van der Waals surface area contributed by atoms with E-state index in [1.165, 1.54) is 31.9 Å². The number of halogens is 1. The van der Waals surface area contributed by atoms with E-state index in [1.54, 1.807) is 0 Å². The summed E-state index contributed by atoms with van der Waals surface area (Å²) >= 11 is 6.15. The number of nitrogens with one attached hydrogen (secondary N) is 2. The van der Waals surface area contributed by atoms with Crippen LogP contribution in [0.25, 0.3) is 0 Å². The highest BCUT2D eigenvalue weighted by Gasteiger charge is 2.25. The van der Waals surface area contributed by atoms with Gasteiger partial charge >= 0.3 is 0 Å². The molecule has 0 aromatic heterocycles. The van der Waals surface area contributed by atoms with Crippen LogP contribution in [0.2, 0.25) is 5.02 Å². The summed E-state index contributed by atoms with van der Waals surface area (Å²) in [7, 11) is -0.900. The SMILES string of the molecule is COc1cc(Cl)c(S(=O)(=O)NCC2NCCc3ccccc32)cc1OC. The van der Waals surface area contributed by atoms with Gasteiger partial charge in [-0.05, 0) is 24.1 Å². The maximum absolute atomic E-state index is 12.8. The van der Waals surface area contributed by atoms with Gasteiger partial charge in [-0.2, -0.15) is 0 Å². The molecule has 1 atom stereocenters. The Morgan fingerprint density at radius 1 is 1.19 bits per heavy atom. The minimum Gasteiger partial charge on any atom is -0.493 e. The highest BCUT2D eigenvalue weighted by molar-refractivity contribution is 7.89. The fraction of sp³-hybridized carbons (Fsp3) is 0.333. The van der Waals surface area contributed by atoms with E-state index in [0.29, 0.717) is 11.5 Å². The molecule has 6 nitrogen and oxygen atoms in total. The zero-order valence-electron chi connectivity index (χ0n) is 14.6. The number of sulfonamides is 1. The Kier molecular flexibility index (Phi) is 5.72. The van der Waals surface area contributed by atoms with E-state index < -0.39 is 10.0 Å². The van der Waals surface area contributed by atoms with Gasteiger partial charge in [0.15, 0.2) is 11.5 Å². The van der Waals surface area contributed by atoms with Gasteiger partial charge in [-0.15, -0.1) is 0 Å². The quantitative estimate of drug-likeness (QED) is 0.784. The number of fused-ring (bicyclic) bond motifs is 1. The molecule has 2 aromatic rings. The molecule has 1 heterocycles. The second-order valence-electron chi connectivity index (χ2n) is 5.95. The number of rotatable bonds is 6. The van der Waals surface area contributed by atoms with Crippen molar-refractivity contribution < 1.29 is 17.9 Å². The molecule has 1 aliphatic rings. The summed E-state index contributed by atoms with van der Waals surface area (Å²) in [5, 5.41) is 3.43. The second kappa shape index (κ2) is 7.84. The van der Waals surface area contributed by atoms with Crippen LogP contribution in [0.4, 0.5) is 0 Å². The van der Waals surface area contributed by atoms with Gasteiger partial charge in [0, 0.05) is 24.7 Å². The fourth-order valence-electron chi connectivity index (χ4n) is 3.09. The second-order valence-corrected chi connectivity index (χ2v) is 8.09. The monoisotopic (exact) mass is 396 g/mol. The molecule has 0 amide bonds. The van der Waals surface area contributed by atoms with Crippen LogP contribution >= 0.6 is 11.6 Å². The Balaban J connectivity index is 1.83. The molecule has 0 spiro atoms. The van der Waals surface area contributed by atoms with Gasteiger partial charge < -0.3 is 14.8 Å². The predicted octanol–water partition coefficient (Wildman–Crippen LogP) is 2.52. The van der Waals surface area contributed by atoms with Gasteiger partial charge in [-0.1, -0.05) is 35.9 Å². The van der Waals surface area contributed by atoms with E-state index in [-0.39, 0.29) is 22.5 Å². The van der Waals surface area contributed by atoms with Crippen molar-refractivity contribution in [3.63, 3.8) is 0 Å². The van der Waals surface area contributed by atoms with Crippen molar-refractivity contribution >= 4 is 21.6 Å². The molecule has 0 aliphatic carbocycles. The lowest BCUT2D eigenvalue weighted by Crippen LogP contribution is -2.38. The third-order valence-electron chi connectivity index (χ3n) is 4.42. The van der Waals surface area contributed by atoms with Crippen LogP contribution in [0, 0.1) is 0 Å². The van der Waals surface area contributed by atoms with E-state index >= 15 is 0 Å². The lowest BCUT2D eigenvalue weighted by Gasteiger charge is -2.27. The zero-order valence-corrected chi connectivity index (χ0v) is 16.2. The first-order chi connectivity index (χ1) is 12.5. The zero-order chi connectivity index (χ0) is 18.7. The van der Waals surface area contributed by atoms with Crippen molar-refractivity contribution in [2.75, 3.05) is 27.3 Å². The highest BCUT2D eigenvalue weighted by atomic mass is 35.5. The Bertz CT molecular complexity index is 902. The molecule has 0 saturated heterocycles. The van der Waals surface area contributed by atoms with Gasteiger partial charge in [-0.3, -0.25) is 0 Å². The van der Waals surface area contributed by atoms with Crippen LogP contribution in [0.1, 0.15) is 17.2 Å². The summed E-state index contributed by atoms with van der Waals surface area (Å²) in [6.07, 6.45) is 0.931. The van der Waals surface area contributed by atoms with Crippen molar-refractivity contribution in [3.05, 3.63) is 52.5 Å². The van der Waals surface area contributed by atoms with Crippen LogP contribution in [-0.2, 0) is 16.4 Å². The van der Waals surface area contributed by atoms with Gasteiger partial charge in [-0.25, -0.2) is 13.1 Å². The molecule has 3 rings (SSSR count). The molecular formula is C18H21ClN2O4S. The molecule has 8 heteroatoms. The Hall–Kier alpha value is -1.80. The van der Waals surface area contributed by atoms with Crippen molar-refractivity contribution in [1.82, 2.24) is 10.0 Å². The van der Waals surface area contributed by atoms with Gasteiger partial charge in [0.25, 0.3) is 0 Å². The van der Waals surface area contributed by atoms with Crippen LogP contribution in [0.5, 0.6) is 11.5 Å². The Morgan fingerprint density at radius 2 is 1.88 bits per heavy atom. The van der Waals surface area contributed by atoms with Gasteiger partial charge in [0.1, 0.15) is 4.90 Å². The van der Waals surface area contributed by atoms with Crippen LogP contribution in [0.3, 0.4) is 0 Å². The van der Waals surface area contributed by atoms with E-state index in [2.05, 4.69) is 16.1 Å². The molecule has 0 saturated carbocycles. The first-order valence-electron chi connectivity index (χ1n) is 8.18. The van der Waals surface area contributed by atoms with Crippen LogP contribution < -0.4 is 19.5 Å². The third-order valence-corrected chi connectivity index (χ3v) is 6.31. The van der Waals surface area contributed by atoms with Crippen molar-refractivity contribution in [1.29, 1.82) is 0 Å². The van der Waals surface area contributed by atoms with Gasteiger partial charge in [0.2, 0.25) is 10.0 Å². The maximum Gasteiger partial charge on any atom is 0.242 e. The number of methoxy groups -OCH3 is 2. The van der Waals surface area contributed by atoms with Crippen LogP contribution in [0.15, 0.2) is 41.3 Å². The summed E-state index contributed by atoms with van der Waals surface area (Å²) in [5.41, 5.74) is 2.35. The summed E-state index contributed by atoms with van der Waals surface area (Å²) in [6, 6.07) is 10.8. The van der Waals surface area contributed by atoms with E-state index in [9.17, 15) is 8.42 Å². The minimum absolute atomic E-state index is 0.0408. The lowest BCUT2D eigenvalue weighted by atomic mass is 9.95. The maximum atomic E-state index is 12.8.